The highest BCUT2D eigenvalue weighted by molar-refractivity contribution is 5.96. The summed E-state index contributed by atoms with van der Waals surface area (Å²) < 4.78 is 28.7. The molecule has 1 unspecified atom stereocenters. The predicted octanol–water partition coefficient (Wildman–Crippen LogP) is 5.22. The Bertz CT molecular complexity index is 1530. The summed E-state index contributed by atoms with van der Waals surface area (Å²) in [5, 5.41) is 16.2. The van der Waals surface area contributed by atoms with Crippen LogP contribution in [0.15, 0.2) is 78.0 Å². The van der Waals surface area contributed by atoms with Crippen molar-refractivity contribution in [2.75, 3.05) is 19.6 Å². The maximum absolute atomic E-state index is 14.6. The van der Waals surface area contributed by atoms with Crippen molar-refractivity contribution in [1.29, 1.82) is 0 Å². The molecule has 2 aromatic carbocycles. The number of halogens is 2. The second kappa shape index (κ2) is 14.7. The average molecular weight is 605 g/mol. The minimum Gasteiger partial charge on any atom is -0.391 e. The van der Waals surface area contributed by atoms with Crippen LogP contribution in [0.1, 0.15) is 51.2 Å². The Morgan fingerprint density at radius 2 is 1.75 bits per heavy atom. The first kappa shape index (κ1) is 33.0. The number of carbonyl (C=O) groups excluding carboxylic acids is 2. The predicted molar refractivity (Wildman–Crippen MR) is 168 cm³/mol. The van der Waals surface area contributed by atoms with Crippen molar-refractivity contribution >= 4 is 22.7 Å². The van der Waals surface area contributed by atoms with Crippen LogP contribution in [0.3, 0.4) is 0 Å². The van der Waals surface area contributed by atoms with E-state index in [1.54, 1.807) is 30.2 Å². The quantitative estimate of drug-likeness (QED) is 0.234. The number of hydrogen-bond donors (Lipinski definition) is 3. The van der Waals surface area contributed by atoms with Crippen LogP contribution in [0, 0.1) is 23.0 Å². The molecule has 1 aliphatic rings. The van der Waals surface area contributed by atoms with Gasteiger partial charge in [0, 0.05) is 55.3 Å². The monoisotopic (exact) mass is 604 g/mol. The molecule has 0 fully saturated rings. The number of fused-ring (bicyclic) bond motifs is 1. The molecule has 9 heteroatoms. The molecule has 4 N–H and O–H groups in total. The number of nitrogens with one attached hydrogen (secondary N) is 1. The zero-order valence-electron chi connectivity index (χ0n) is 25.7. The SMILES string of the molecule is CCCN(CCC)C(=O)C1([C@H](Cc2cc(F)cc(F)c2)[C@@H](O)CNCc2cnc3ccccc3c2)C=C(C)C=C(C(N)=O)C1. The van der Waals surface area contributed by atoms with Crippen LogP contribution in [0.5, 0.6) is 0 Å². The van der Waals surface area contributed by atoms with Crippen molar-refractivity contribution in [2.45, 2.75) is 59.1 Å². The number of carbonyl (C=O) groups is 2. The number of hydrogen-bond acceptors (Lipinski definition) is 5. The molecular formula is C35H42F2N4O3. The topological polar surface area (TPSA) is 109 Å². The highest BCUT2D eigenvalue weighted by Crippen LogP contribution is 2.45. The first-order chi connectivity index (χ1) is 21.1. The zero-order chi connectivity index (χ0) is 31.9. The van der Waals surface area contributed by atoms with E-state index in [0.717, 1.165) is 22.5 Å². The number of para-hydroxylation sites is 1. The van der Waals surface area contributed by atoms with Gasteiger partial charge in [0.25, 0.3) is 0 Å². The first-order valence-corrected chi connectivity index (χ1v) is 15.2. The second-order valence-corrected chi connectivity index (χ2v) is 11.8. The van der Waals surface area contributed by atoms with Crippen LogP contribution in [-0.4, -0.2) is 52.5 Å². The van der Waals surface area contributed by atoms with Gasteiger partial charge in [0.1, 0.15) is 11.6 Å². The summed E-state index contributed by atoms with van der Waals surface area (Å²) in [7, 11) is 0. The highest BCUT2D eigenvalue weighted by Gasteiger charge is 2.50. The van der Waals surface area contributed by atoms with Crippen molar-refractivity contribution in [2.24, 2.45) is 17.1 Å². The normalized spacial score (nSPS) is 18.0. The summed E-state index contributed by atoms with van der Waals surface area (Å²) in [6.07, 6.45) is 5.48. The minimum atomic E-state index is -1.39. The zero-order valence-corrected chi connectivity index (χ0v) is 25.7. The number of rotatable bonds is 14. The highest BCUT2D eigenvalue weighted by atomic mass is 19.1. The number of aliphatic hydroxyl groups excluding tert-OH is 1. The fraction of sp³-hybridized carbons (Fsp3) is 0.400. The van der Waals surface area contributed by atoms with Crippen molar-refractivity contribution in [1.82, 2.24) is 15.2 Å². The van der Waals surface area contributed by atoms with Crippen molar-refractivity contribution in [3.05, 3.63) is 101 Å². The maximum Gasteiger partial charge on any atom is 0.244 e. The number of nitrogens with zero attached hydrogens (tertiary/aromatic N) is 2. The Hall–Kier alpha value is -3.95. The molecule has 44 heavy (non-hydrogen) atoms. The van der Waals surface area contributed by atoms with Crippen molar-refractivity contribution in [3.8, 4) is 0 Å². The first-order valence-electron chi connectivity index (χ1n) is 15.2. The molecule has 3 atom stereocenters. The largest absolute Gasteiger partial charge is 0.391 e. The van der Waals surface area contributed by atoms with E-state index in [4.69, 9.17) is 5.73 Å². The lowest BCUT2D eigenvalue weighted by atomic mass is 9.63. The molecule has 234 valence electrons. The lowest BCUT2D eigenvalue weighted by molar-refractivity contribution is -0.145. The number of benzene rings is 2. The van der Waals surface area contributed by atoms with Gasteiger partial charge in [0.2, 0.25) is 11.8 Å². The van der Waals surface area contributed by atoms with E-state index in [0.29, 0.717) is 43.6 Å². The molecule has 7 nitrogen and oxygen atoms in total. The number of pyridine rings is 1. The third kappa shape index (κ3) is 7.76. The third-order valence-corrected chi connectivity index (χ3v) is 8.19. The van der Waals surface area contributed by atoms with E-state index in [2.05, 4.69) is 10.3 Å². The molecular weight excluding hydrogens is 562 g/mol. The van der Waals surface area contributed by atoms with Gasteiger partial charge in [-0.2, -0.15) is 0 Å². The standard InChI is InChI=1S/C35H42F2N4O3/c1-4-10-41(11-5-2)34(44)35(18-23(3)12-27(19-35)33(38)43)30(16-24-14-28(36)17-29(37)15-24)32(42)22-39-20-25-13-26-8-6-7-9-31(26)40-21-25/h6-9,12-15,17-18,21,30,32,39,42H,4-5,10-11,16,19-20,22H2,1-3H3,(H2,38,43)/t30-,32+,35?/m1/s1. The molecule has 0 bridgehead atoms. The van der Waals surface area contributed by atoms with Gasteiger partial charge >= 0.3 is 0 Å². The molecule has 4 rings (SSSR count). The molecule has 1 aromatic heterocycles. The van der Waals surface area contributed by atoms with Crippen molar-refractivity contribution < 1.29 is 23.5 Å². The lowest BCUT2D eigenvalue weighted by Crippen LogP contribution is -2.54. The molecule has 0 spiro atoms. The fourth-order valence-electron chi connectivity index (χ4n) is 6.35. The van der Waals surface area contributed by atoms with Crippen LogP contribution < -0.4 is 11.1 Å². The summed E-state index contributed by atoms with van der Waals surface area (Å²) in [6, 6.07) is 13.0. The van der Waals surface area contributed by atoms with Crippen LogP contribution in [0.2, 0.25) is 0 Å². The molecule has 2 amide bonds. The molecule has 0 aliphatic heterocycles. The van der Waals surface area contributed by atoms with E-state index in [1.165, 1.54) is 12.1 Å². The van der Waals surface area contributed by atoms with Crippen molar-refractivity contribution in [3.63, 3.8) is 0 Å². The molecule has 1 heterocycles. The second-order valence-electron chi connectivity index (χ2n) is 11.8. The molecule has 3 aromatic rings. The van der Waals surface area contributed by atoms with Crippen LogP contribution in [0.25, 0.3) is 10.9 Å². The maximum atomic E-state index is 14.6. The van der Waals surface area contributed by atoms with E-state index >= 15 is 0 Å². The van der Waals surface area contributed by atoms with Crippen LogP contribution in [-0.2, 0) is 22.6 Å². The average Bonchev–Trinajstić information content (AvgIpc) is 2.98. The number of nitrogens with two attached hydrogens (primary N) is 1. The summed E-state index contributed by atoms with van der Waals surface area (Å²) in [5.74, 6) is -3.25. The van der Waals surface area contributed by atoms with Gasteiger partial charge < -0.3 is 21.1 Å². The Morgan fingerprint density at radius 1 is 1.07 bits per heavy atom. The van der Waals surface area contributed by atoms with Crippen LogP contribution >= 0.6 is 0 Å². The smallest absolute Gasteiger partial charge is 0.244 e. The minimum absolute atomic E-state index is 0.0112. The fourth-order valence-corrected chi connectivity index (χ4v) is 6.35. The molecule has 1 aliphatic carbocycles. The van der Waals surface area contributed by atoms with Gasteiger partial charge in [-0.05, 0) is 68.0 Å². The van der Waals surface area contributed by atoms with E-state index in [9.17, 15) is 23.5 Å². The van der Waals surface area contributed by atoms with Gasteiger partial charge in [0.15, 0.2) is 0 Å². The number of primary amides is 1. The Labute approximate surface area is 257 Å². The number of allylic oxidation sites excluding steroid dienone is 2. The summed E-state index contributed by atoms with van der Waals surface area (Å²) in [6.45, 7) is 7.19. The van der Waals surface area contributed by atoms with Gasteiger partial charge in [0.05, 0.1) is 17.0 Å². The van der Waals surface area contributed by atoms with Gasteiger partial charge in [-0.3, -0.25) is 14.6 Å². The van der Waals surface area contributed by atoms with Crippen LogP contribution in [0.4, 0.5) is 8.78 Å². The third-order valence-electron chi connectivity index (χ3n) is 8.19. The molecule has 0 radical (unpaired) electrons. The van der Waals surface area contributed by atoms with Gasteiger partial charge in [-0.15, -0.1) is 0 Å². The van der Waals surface area contributed by atoms with E-state index in [1.807, 2.05) is 44.2 Å². The molecule has 0 saturated heterocycles. The number of aromatic nitrogens is 1. The summed E-state index contributed by atoms with van der Waals surface area (Å²) in [4.78, 5) is 33.4. The van der Waals surface area contributed by atoms with Gasteiger partial charge in [-0.25, -0.2) is 8.78 Å². The summed E-state index contributed by atoms with van der Waals surface area (Å²) in [5.41, 5.74) is 7.38. The lowest BCUT2D eigenvalue weighted by Gasteiger charge is -2.45. The molecule has 0 saturated carbocycles. The number of aliphatic hydroxyl groups is 1. The van der Waals surface area contributed by atoms with E-state index < -0.39 is 35.0 Å². The summed E-state index contributed by atoms with van der Waals surface area (Å²) >= 11 is 0. The Balaban J connectivity index is 1.73. The van der Waals surface area contributed by atoms with Gasteiger partial charge in [-0.1, -0.05) is 49.8 Å². The Morgan fingerprint density at radius 3 is 2.41 bits per heavy atom. The van der Waals surface area contributed by atoms with E-state index in [-0.39, 0.29) is 30.9 Å². The Kier molecular flexibility index (Phi) is 11.0. The number of amides is 2.